The summed E-state index contributed by atoms with van der Waals surface area (Å²) in [5.74, 6) is 0.506. The van der Waals surface area contributed by atoms with Gasteiger partial charge >= 0.3 is 0 Å². The molecule has 1 aromatic heterocycles. The van der Waals surface area contributed by atoms with E-state index in [0.29, 0.717) is 5.76 Å². The van der Waals surface area contributed by atoms with E-state index in [1.54, 1.807) is 24.3 Å². The van der Waals surface area contributed by atoms with Crippen molar-refractivity contribution in [3.05, 3.63) is 68.3 Å². The minimum Gasteiger partial charge on any atom is -0.490 e. The molecule has 0 atom stereocenters. The monoisotopic (exact) mass is 273 g/mol. The number of hydrogen-bond acceptors (Lipinski definition) is 5. The number of hydrogen-bond donors (Lipinski definition) is 0. The van der Waals surface area contributed by atoms with E-state index in [9.17, 15) is 14.9 Å². The minimum absolute atomic E-state index is 0.0260. The maximum Gasteiger partial charge on any atom is 0.269 e. The Morgan fingerprint density at radius 1 is 1.25 bits per heavy atom. The van der Waals surface area contributed by atoms with Crippen LogP contribution in [0.25, 0.3) is 12.2 Å². The van der Waals surface area contributed by atoms with E-state index >= 15 is 0 Å². The van der Waals surface area contributed by atoms with Gasteiger partial charge in [-0.2, -0.15) is 0 Å². The summed E-state index contributed by atoms with van der Waals surface area (Å²) in [5, 5.41) is 10.5. The third kappa shape index (κ3) is 3.11. The quantitative estimate of drug-likeness (QED) is 0.631. The summed E-state index contributed by atoms with van der Waals surface area (Å²) in [6.45, 7) is 0. The van der Waals surface area contributed by atoms with Crippen LogP contribution < -0.4 is 10.2 Å². The summed E-state index contributed by atoms with van der Waals surface area (Å²) in [4.78, 5) is 21.6. The fourth-order valence-corrected chi connectivity index (χ4v) is 1.54. The number of non-ortho nitro benzene ring substituents is 1. The summed E-state index contributed by atoms with van der Waals surface area (Å²) >= 11 is 0. The van der Waals surface area contributed by atoms with Crippen LogP contribution in [0, 0.1) is 10.1 Å². The van der Waals surface area contributed by atoms with Gasteiger partial charge < -0.3 is 9.15 Å². The molecular formula is C14H11NO5. The van der Waals surface area contributed by atoms with Gasteiger partial charge in [0, 0.05) is 18.2 Å². The molecular weight excluding hydrogens is 262 g/mol. The van der Waals surface area contributed by atoms with E-state index in [2.05, 4.69) is 0 Å². The van der Waals surface area contributed by atoms with Crippen molar-refractivity contribution in [2.45, 2.75) is 0 Å². The standard InChI is InChI=1S/C14H11NO5/c1-19-14-9-20-12(8-13(14)16)7-4-10-2-5-11(6-3-10)15(17)18/h2-9H,1H3/b7-4+. The largest absolute Gasteiger partial charge is 0.490 e. The highest BCUT2D eigenvalue weighted by Gasteiger charge is 2.03. The summed E-state index contributed by atoms with van der Waals surface area (Å²) in [6.07, 6.45) is 4.52. The molecule has 0 aliphatic heterocycles. The molecule has 6 nitrogen and oxygen atoms in total. The first-order valence-corrected chi connectivity index (χ1v) is 5.69. The van der Waals surface area contributed by atoms with E-state index in [1.807, 2.05) is 0 Å². The Balaban J connectivity index is 2.18. The van der Waals surface area contributed by atoms with E-state index in [-0.39, 0.29) is 16.9 Å². The van der Waals surface area contributed by atoms with Crippen LogP contribution in [0.3, 0.4) is 0 Å². The number of benzene rings is 1. The normalized spacial score (nSPS) is 10.7. The van der Waals surface area contributed by atoms with Crippen LogP contribution >= 0.6 is 0 Å². The number of rotatable bonds is 4. The number of ether oxygens (including phenoxy) is 1. The predicted molar refractivity (Wildman–Crippen MR) is 73.6 cm³/mol. The van der Waals surface area contributed by atoms with Crippen molar-refractivity contribution < 1.29 is 14.1 Å². The molecule has 0 spiro atoms. The van der Waals surface area contributed by atoms with Crippen LogP contribution in [0.5, 0.6) is 5.75 Å². The highest BCUT2D eigenvalue weighted by atomic mass is 16.6. The third-order valence-electron chi connectivity index (χ3n) is 2.58. The second kappa shape index (κ2) is 5.83. The molecule has 0 bridgehead atoms. The van der Waals surface area contributed by atoms with Gasteiger partial charge in [0.2, 0.25) is 11.2 Å². The molecule has 1 aromatic carbocycles. The summed E-state index contributed by atoms with van der Waals surface area (Å²) in [7, 11) is 1.39. The first kappa shape index (κ1) is 13.5. The summed E-state index contributed by atoms with van der Waals surface area (Å²) in [5.41, 5.74) is 0.509. The zero-order valence-electron chi connectivity index (χ0n) is 10.6. The molecule has 0 aliphatic carbocycles. The Kier molecular flexibility index (Phi) is 3.95. The van der Waals surface area contributed by atoms with Gasteiger partial charge in [-0.1, -0.05) is 6.08 Å². The SMILES string of the molecule is COc1coc(/C=C/c2ccc([N+](=O)[O-])cc2)cc1=O. The molecule has 0 amide bonds. The number of nitro groups is 1. The number of nitrogens with zero attached hydrogens (tertiary/aromatic N) is 1. The highest BCUT2D eigenvalue weighted by molar-refractivity contribution is 5.67. The molecule has 0 saturated heterocycles. The van der Waals surface area contributed by atoms with Crippen molar-refractivity contribution >= 4 is 17.8 Å². The molecule has 20 heavy (non-hydrogen) atoms. The topological polar surface area (TPSA) is 82.6 Å². The lowest BCUT2D eigenvalue weighted by molar-refractivity contribution is -0.384. The Morgan fingerprint density at radius 2 is 1.95 bits per heavy atom. The minimum atomic E-state index is -0.462. The molecule has 0 aliphatic rings. The molecule has 102 valence electrons. The van der Waals surface area contributed by atoms with E-state index in [1.165, 1.54) is 31.6 Å². The van der Waals surface area contributed by atoms with E-state index in [4.69, 9.17) is 9.15 Å². The van der Waals surface area contributed by atoms with E-state index in [0.717, 1.165) is 5.56 Å². The maximum atomic E-state index is 11.5. The van der Waals surface area contributed by atoms with Crippen LogP contribution in [-0.4, -0.2) is 12.0 Å². The molecule has 0 N–H and O–H groups in total. The van der Waals surface area contributed by atoms with Crippen molar-refractivity contribution in [2.75, 3.05) is 7.11 Å². The summed E-state index contributed by atoms with van der Waals surface area (Å²) in [6, 6.07) is 7.33. The van der Waals surface area contributed by atoms with Crippen LogP contribution in [0.2, 0.25) is 0 Å². The lowest BCUT2D eigenvalue weighted by Crippen LogP contribution is -2.03. The summed E-state index contributed by atoms with van der Waals surface area (Å²) < 4.78 is 10.00. The zero-order chi connectivity index (χ0) is 14.5. The van der Waals surface area contributed by atoms with Crippen molar-refractivity contribution in [2.24, 2.45) is 0 Å². The Morgan fingerprint density at radius 3 is 2.50 bits per heavy atom. The van der Waals surface area contributed by atoms with Crippen LogP contribution in [0.15, 0.2) is 45.8 Å². The maximum absolute atomic E-state index is 11.5. The average molecular weight is 273 g/mol. The fraction of sp³-hybridized carbons (Fsp3) is 0.0714. The molecule has 1 heterocycles. The number of nitro benzene ring substituents is 1. The van der Waals surface area contributed by atoms with Crippen molar-refractivity contribution in [1.29, 1.82) is 0 Å². The lowest BCUT2D eigenvalue weighted by atomic mass is 10.2. The smallest absolute Gasteiger partial charge is 0.269 e. The molecule has 2 aromatic rings. The van der Waals surface area contributed by atoms with Gasteiger partial charge in [-0.25, -0.2) is 0 Å². The highest BCUT2D eigenvalue weighted by Crippen LogP contribution is 2.14. The first-order chi connectivity index (χ1) is 9.60. The lowest BCUT2D eigenvalue weighted by Gasteiger charge is -1.98. The Bertz CT molecular complexity index is 700. The predicted octanol–water partition coefficient (Wildman–Crippen LogP) is 2.73. The van der Waals surface area contributed by atoms with E-state index < -0.39 is 4.92 Å². The second-order valence-corrected chi connectivity index (χ2v) is 3.90. The van der Waals surface area contributed by atoms with Crippen LogP contribution in [0.1, 0.15) is 11.3 Å². The molecule has 0 unspecified atom stereocenters. The van der Waals surface area contributed by atoms with Gasteiger partial charge in [0.1, 0.15) is 12.0 Å². The van der Waals surface area contributed by atoms with Gasteiger partial charge in [0.25, 0.3) is 5.69 Å². The van der Waals surface area contributed by atoms with Crippen molar-refractivity contribution in [1.82, 2.24) is 0 Å². The molecule has 0 radical (unpaired) electrons. The molecule has 0 saturated carbocycles. The van der Waals surface area contributed by atoms with Gasteiger partial charge in [0.05, 0.1) is 12.0 Å². The molecule has 2 rings (SSSR count). The van der Waals surface area contributed by atoms with Crippen LogP contribution in [-0.2, 0) is 0 Å². The fourth-order valence-electron chi connectivity index (χ4n) is 1.54. The third-order valence-corrected chi connectivity index (χ3v) is 2.58. The van der Waals surface area contributed by atoms with Gasteiger partial charge in [-0.15, -0.1) is 0 Å². The molecule has 6 heteroatoms. The van der Waals surface area contributed by atoms with Crippen molar-refractivity contribution in [3.63, 3.8) is 0 Å². The van der Waals surface area contributed by atoms with Gasteiger partial charge in [-0.05, 0) is 23.8 Å². The van der Waals surface area contributed by atoms with Gasteiger partial charge in [-0.3, -0.25) is 14.9 Å². The average Bonchev–Trinajstić information content (AvgIpc) is 2.45. The molecule has 0 fully saturated rings. The Hall–Kier alpha value is -2.89. The first-order valence-electron chi connectivity index (χ1n) is 5.69. The van der Waals surface area contributed by atoms with Crippen LogP contribution in [0.4, 0.5) is 5.69 Å². The van der Waals surface area contributed by atoms with Gasteiger partial charge in [0.15, 0.2) is 0 Å². The Labute approximate surface area is 114 Å². The number of methoxy groups -OCH3 is 1. The zero-order valence-corrected chi connectivity index (χ0v) is 10.6. The second-order valence-electron chi connectivity index (χ2n) is 3.90. The van der Waals surface area contributed by atoms with Crippen molar-refractivity contribution in [3.8, 4) is 5.75 Å².